The average molecular weight is 377 g/mol. The van der Waals surface area contributed by atoms with E-state index in [2.05, 4.69) is 10.6 Å². The van der Waals surface area contributed by atoms with Crippen molar-refractivity contribution in [2.24, 2.45) is 0 Å². The van der Waals surface area contributed by atoms with Crippen LogP contribution in [0.25, 0.3) is 10.4 Å². The second kappa shape index (κ2) is 7.84. The van der Waals surface area contributed by atoms with Crippen LogP contribution in [0.4, 0.5) is 5.69 Å². The molecule has 0 atom stereocenters. The van der Waals surface area contributed by atoms with Crippen molar-refractivity contribution in [1.82, 2.24) is 5.32 Å². The average Bonchev–Trinajstić information content (AvgIpc) is 3.32. The van der Waals surface area contributed by atoms with Crippen LogP contribution in [0.3, 0.4) is 0 Å². The Labute approximate surface area is 156 Å². The SMILES string of the molecule is CCOC(=O)c1sc(-c2ccc(OC)cc2)cc1NC(=S)NC1CC1. The minimum absolute atomic E-state index is 0.332. The molecule has 1 fully saturated rings. The Kier molecular flexibility index (Phi) is 5.55. The standard InChI is InChI=1S/C18H20N2O3S2/c1-3-23-17(21)16-14(20-18(24)19-12-6-7-12)10-15(25-16)11-4-8-13(22-2)9-5-11/h4-5,8-10,12H,3,6-7H2,1-2H3,(H2,19,20,24). The van der Waals surface area contributed by atoms with Crippen molar-refractivity contribution in [3.63, 3.8) is 0 Å². The highest BCUT2D eigenvalue weighted by Crippen LogP contribution is 2.36. The van der Waals surface area contributed by atoms with E-state index < -0.39 is 0 Å². The lowest BCUT2D eigenvalue weighted by Crippen LogP contribution is -2.30. The maximum atomic E-state index is 12.3. The Hall–Kier alpha value is -2.12. The first kappa shape index (κ1) is 17.7. The lowest BCUT2D eigenvalue weighted by molar-refractivity contribution is 0.0533. The number of benzene rings is 1. The van der Waals surface area contributed by atoms with Crippen LogP contribution in [0.2, 0.25) is 0 Å². The molecule has 1 saturated carbocycles. The van der Waals surface area contributed by atoms with Crippen LogP contribution in [0.1, 0.15) is 29.4 Å². The zero-order chi connectivity index (χ0) is 17.8. The van der Waals surface area contributed by atoms with Gasteiger partial charge in [-0.25, -0.2) is 4.79 Å². The molecule has 3 rings (SSSR count). The number of carbonyl (C=O) groups is 1. The Morgan fingerprint density at radius 1 is 1.32 bits per heavy atom. The Bertz CT molecular complexity index is 767. The first-order chi connectivity index (χ1) is 12.1. The Balaban J connectivity index is 1.86. The third-order valence-corrected chi connectivity index (χ3v) is 5.11. The van der Waals surface area contributed by atoms with E-state index in [1.165, 1.54) is 11.3 Å². The van der Waals surface area contributed by atoms with Gasteiger partial charge in [-0.2, -0.15) is 0 Å². The van der Waals surface area contributed by atoms with Gasteiger partial charge in [-0.1, -0.05) is 0 Å². The number of thiocarbonyl (C=S) groups is 1. The Morgan fingerprint density at radius 2 is 2.04 bits per heavy atom. The van der Waals surface area contributed by atoms with Crippen LogP contribution in [0.15, 0.2) is 30.3 Å². The number of carbonyl (C=O) groups excluding carboxylic acids is 1. The summed E-state index contributed by atoms with van der Waals surface area (Å²) in [6.07, 6.45) is 2.26. The number of hydrogen-bond acceptors (Lipinski definition) is 5. The monoisotopic (exact) mass is 376 g/mol. The molecule has 5 nitrogen and oxygen atoms in total. The number of ether oxygens (including phenoxy) is 2. The number of thiophene rings is 1. The van der Waals surface area contributed by atoms with E-state index in [-0.39, 0.29) is 5.97 Å². The predicted molar refractivity (Wildman–Crippen MR) is 105 cm³/mol. The normalized spacial score (nSPS) is 13.2. The summed E-state index contributed by atoms with van der Waals surface area (Å²) in [5.74, 6) is 0.447. The van der Waals surface area contributed by atoms with Crippen LogP contribution in [0.5, 0.6) is 5.75 Å². The maximum absolute atomic E-state index is 12.3. The molecule has 0 radical (unpaired) electrons. The van der Waals surface area contributed by atoms with Crippen LogP contribution in [0, 0.1) is 0 Å². The van der Waals surface area contributed by atoms with Gasteiger partial charge < -0.3 is 20.1 Å². The minimum Gasteiger partial charge on any atom is -0.497 e. The molecule has 0 aliphatic heterocycles. The molecule has 0 saturated heterocycles. The van der Waals surface area contributed by atoms with Gasteiger partial charge in [0.2, 0.25) is 0 Å². The van der Waals surface area contributed by atoms with E-state index in [1.54, 1.807) is 14.0 Å². The highest BCUT2D eigenvalue weighted by molar-refractivity contribution is 7.80. The highest BCUT2D eigenvalue weighted by atomic mass is 32.1. The molecular weight excluding hydrogens is 356 g/mol. The maximum Gasteiger partial charge on any atom is 0.350 e. The van der Waals surface area contributed by atoms with Gasteiger partial charge in [-0.05, 0) is 67.9 Å². The van der Waals surface area contributed by atoms with E-state index in [0.717, 1.165) is 29.0 Å². The number of hydrogen-bond donors (Lipinski definition) is 2. The number of nitrogens with one attached hydrogen (secondary N) is 2. The second-order valence-electron chi connectivity index (χ2n) is 5.68. The molecule has 1 aliphatic carbocycles. The molecule has 1 heterocycles. The first-order valence-electron chi connectivity index (χ1n) is 8.13. The molecule has 0 bridgehead atoms. The van der Waals surface area contributed by atoms with Crippen molar-refractivity contribution in [2.75, 3.05) is 19.0 Å². The fourth-order valence-electron chi connectivity index (χ4n) is 2.30. The van der Waals surface area contributed by atoms with Crippen molar-refractivity contribution in [2.45, 2.75) is 25.8 Å². The summed E-state index contributed by atoms with van der Waals surface area (Å²) in [5.41, 5.74) is 1.68. The van der Waals surface area contributed by atoms with Gasteiger partial charge in [0.25, 0.3) is 0 Å². The van der Waals surface area contributed by atoms with Gasteiger partial charge in [-0.15, -0.1) is 11.3 Å². The van der Waals surface area contributed by atoms with Gasteiger partial charge in [0, 0.05) is 10.9 Å². The predicted octanol–water partition coefficient (Wildman–Crippen LogP) is 4.05. The van der Waals surface area contributed by atoms with Gasteiger partial charge in [-0.3, -0.25) is 0 Å². The van der Waals surface area contributed by atoms with Crippen molar-refractivity contribution in [3.8, 4) is 16.2 Å². The number of methoxy groups -OCH3 is 1. The molecule has 1 aliphatic rings. The lowest BCUT2D eigenvalue weighted by Gasteiger charge is -2.09. The highest BCUT2D eigenvalue weighted by Gasteiger charge is 2.23. The summed E-state index contributed by atoms with van der Waals surface area (Å²) in [6.45, 7) is 2.13. The fraction of sp³-hybridized carbons (Fsp3) is 0.333. The summed E-state index contributed by atoms with van der Waals surface area (Å²) in [4.78, 5) is 13.8. The first-order valence-corrected chi connectivity index (χ1v) is 9.36. The van der Waals surface area contributed by atoms with Crippen molar-refractivity contribution in [3.05, 3.63) is 35.2 Å². The lowest BCUT2D eigenvalue weighted by atomic mass is 10.2. The zero-order valence-electron chi connectivity index (χ0n) is 14.1. The molecule has 0 amide bonds. The summed E-state index contributed by atoms with van der Waals surface area (Å²) >= 11 is 6.72. The van der Waals surface area contributed by atoms with Crippen LogP contribution >= 0.6 is 23.6 Å². The summed E-state index contributed by atoms with van der Waals surface area (Å²) in [5, 5.41) is 6.89. The van der Waals surface area contributed by atoms with E-state index in [4.69, 9.17) is 21.7 Å². The fourth-order valence-corrected chi connectivity index (χ4v) is 3.59. The van der Waals surface area contributed by atoms with E-state index in [1.807, 2.05) is 30.3 Å². The van der Waals surface area contributed by atoms with Crippen molar-refractivity contribution < 1.29 is 14.3 Å². The largest absolute Gasteiger partial charge is 0.497 e. The summed E-state index contributed by atoms with van der Waals surface area (Å²) in [6, 6.07) is 10.1. The van der Waals surface area contributed by atoms with Crippen LogP contribution in [-0.4, -0.2) is 30.8 Å². The third-order valence-electron chi connectivity index (χ3n) is 3.73. The van der Waals surface area contributed by atoms with Gasteiger partial charge in [0.05, 0.1) is 19.4 Å². The summed E-state index contributed by atoms with van der Waals surface area (Å²) < 4.78 is 10.4. The van der Waals surface area contributed by atoms with E-state index in [9.17, 15) is 4.79 Å². The number of rotatable bonds is 6. The van der Waals surface area contributed by atoms with Crippen LogP contribution in [-0.2, 0) is 4.74 Å². The molecule has 1 aromatic heterocycles. The van der Waals surface area contributed by atoms with Crippen LogP contribution < -0.4 is 15.4 Å². The minimum atomic E-state index is -0.344. The van der Waals surface area contributed by atoms with Gasteiger partial charge in [0.15, 0.2) is 5.11 Å². The topological polar surface area (TPSA) is 59.6 Å². The van der Waals surface area contributed by atoms with E-state index >= 15 is 0 Å². The molecule has 7 heteroatoms. The van der Waals surface area contributed by atoms with Gasteiger partial charge >= 0.3 is 5.97 Å². The molecule has 1 aromatic carbocycles. The number of esters is 1. The molecular formula is C18H20N2O3S2. The summed E-state index contributed by atoms with van der Waals surface area (Å²) in [7, 11) is 1.63. The van der Waals surface area contributed by atoms with Crippen molar-refractivity contribution >= 4 is 40.3 Å². The molecule has 0 spiro atoms. The third kappa shape index (κ3) is 4.49. The molecule has 2 N–H and O–H groups in total. The van der Waals surface area contributed by atoms with E-state index in [0.29, 0.717) is 28.3 Å². The van der Waals surface area contributed by atoms with Gasteiger partial charge in [0.1, 0.15) is 10.6 Å². The van der Waals surface area contributed by atoms with Crippen molar-refractivity contribution in [1.29, 1.82) is 0 Å². The molecule has 0 unspecified atom stereocenters. The number of anilines is 1. The quantitative estimate of drug-likeness (QED) is 0.586. The molecule has 25 heavy (non-hydrogen) atoms. The zero-order valence-corrected chi connectivity index (χ0v) is 15.8. The Morgan fingerprint density at radius 3 is 2.64 bits per heavy atom. The molecule has 132 valence electrons. The molecule has 2 aromatic rings. The smallest absolute Gasteiger partial charge is 0.350 e. The second-order valence-corrected chi connectivity index (χ2v) is 7.14.